The average Bonchev–Trinajstić information content (AvgIpc) is 2.47. The van der Waals surface area contributed by atoms with Gasteiger partial charge in [0.25, 0.3) is 0 Å². The Hall–Kier alpha value is -2.55. The summed E-state index contributed by atoms with van der Waals surface area (Å²) in [5.41, 5.74) is 9.12. The van der Waals surface area contributed by atoms with Gasteiger partial charge in [0.2, 0.25) is 0 Å². The highest BCUT2D eigenvalue weighted by molar-refractivity contribution is 5.94. The second-order valence-corrected chi connectivity index (χ2v) is 6.59. The van der Waals surface area contributed by atoms with E-state index in [4.69, 9.17) is 5.73 Å². The van der Waals surface area contributed by atoms with Crippen molar-refractivity contribution in [2.24, 2.45) is 0 Å². The van der Waals surface area contributed by atoms with E-state index in [1.807, 2.05) is 24.3 Å². The zero-order valence-corrected chi connectivity index (χ0v) is 13.2. The lowest BCUT2D eigenvalue weighted by atomic mass is 9.87. The van der Waals surface area contributed by atoms with Crippen LogP contribution in [0.2, 0.25) is 0 Å². The molecular formula is C19H21N3. The molecule has 0 saturated heterocycles. The number of hydrogen-bond donors (Lipinski definition) is 2. The summed E-state index contributed by atoms with van der Waals surface area (Å²) in [6, 6.07) is 16.3. The molecule has 2 aromatic carbocycles. The molecule has 0 amide bonds. The average molecular weight is 291 g/mol. The topological polar surface area (TPSA) is 50.9 Å². The molecule has 0 bridgehead atoms. The van der Waals surface area contributed by atoms with Gasteiger partial charge in [-0.2, -0.15) is 0 Å². The van der Waals surface area contributed by atoms with E-state index in [9.17, 15) is 0 Å². The van der Waals surface area contributed by atoms with Crippen LogP contribution in [0.25, 0.3) is 10.8 Å². The highest BCUT2D eigenvalue weighted by atomic mass is 15.0. The van der Waals surface area contributed by atoms with Crippen LogP contribution in [0.5, 0.6) is 0 Å². The Labute approximate surface area is 131 Å². The minimum absolute atomic E-state index is 0.160. The number of anilines is 3. The van der Waals surface area contributed by atoms with Gasteiger partial charge in [0.1, 0.15) is 5.82 Å². The predicted octanol–water partition coefficient (Wildman–Crippen LogP) is 4.86. The van der Waals surface area contributed by atoms with Gasteiger partial charge >= 0.3 is 0 Å². The van der Waals surface area contributed by atoms with Gasteiger partial charge in [-0.25, -0.2) is 4.98 Å². The molecular weight excluding hydrogens is 270 g/mol. The number of benzene rings is 2. The Kier molecular flexibility index (Phi) is 3.49. The first kappa shape index (κ1) is 14.4. The predicted molar refractivity (Wildman–Crippen MR) is 94.6 cm³/mol. The van der Waals surface area contributed by atoms with Gasteiger partial charge in [-0.3, -0.25) is 0 Å². The molecule has 1 aromatic heterocycles. The first-order valence-corrected chi connectivity index (χ1v) is 7.45. The maximum atomic E-state index is 5.84. The smallest absolute Gasteiger partial charge is 0.138 e. The Morgan fingerprint density at radius 3 is 2.36 bits per heavy atom. The maximum Gasteiger partial charge on any atom is 0.138 e. The molecule has 1 heterocycles. The van der Waals surface area contributed by atoms with Crippen LogP contribution in [0.1, 0.15) is 26.3 Å². The van der Waals surface area contributed by atoms with Crippen LogP contribution in [-0.4, -0.2) is 4.98 Å². The van der Waals surface area contributed by atoms with Gasteiger partial charge in [0, 0.05) is 23.0 Å². The van der Waals surface area contributed by atoms with Crippen molar-refractivity contribution in [3.05, 3.63) is 60.3 Å². The van der Waals surface area contributed by atoms with Crippen molar-refractivity contribution in [1.82, 2.24) is 4.98 Å². The number of pyridine rings is 1. The van der Waals surface area contributed by atoms with Gasteiger partial charge in [-0.1, -0.05) is 32.9 Å². The summed E-state index contributed by atoms with van der Waals surface area (Å²) in [6.07, 6.45) is 1.80. The standard InChI is InChI=1S/C19H21N3/c1-19(2,3)14-4-7-16(8-5-14)22-18-17-9-6-15(20)12-13(17)10-11-21-18/h4-12H,20H2,1-3H3,(H,21,22). The minimum Gasteiger partial charge on any atom is -0.399 e. The molecule has 0 fully saturated rings. The summed E-state index contributed by atoms with van der Waals surface area (Å²) in [4.78, 5) is 4.45. The number of fused-ring (bicyclic) bond motifs is 1. The molecule has 3 rings (SSSR count). The molecule has 0 radical (unpaired) electrons. The van der Waals surface area contributed by atoms with E-state index in [2.05, 4.69) is 55.3 Å². The van der Waals surface area contributed by atoms with Crippen molar-refractivity contribution in [1.29, 1.82) is 0 Å². The van der Waals surface area contributed by atoms with Crippen LogP contribution in [0, 0.1) is 0 Å². The normalized spacial score (nSPS) is 11.6. The van der Waals surface area contributed by atoms with Crippen molar-refractivity contribution < 1.29 is 0 Å². The Morgan fingerprint density at radius 2 is 1.68 bits per heavy atom. The van der Waals surface area contributed by atoms with Crippen molar-refractivity contribution in [3.63, 3.8) is 0 Å². The van der Waals surface area contributed by atoms with E-state index in [0.29, 0.717) is 0 Å². The van der Waals surface area contributed by atoms with E-state index in [1.54, 1.807) is 6.20 Å². The quantitative estimate of drug-likeness (QED) is 0.663. The molecule has 0 atom stereocenters. The summed E-state index contributed by atoms with van der Waals surface area (Å²) in [5.74, 6) is 0.848. The molecule has 0 unspecified atom stereocenters. The van der Waals surface area contributed by atoms with Crippen molar-refractivity contribution in [3.8, 4) is 0 Å². The lowest BCUT2D eigenvalue weighted by molar-refractivity contribution is 0.590. The number of hydrogen-bond acceptors (Lipinski definition) is 3. The van der Waals surface area contributed by atoms with Crippen LogP contribution in [0.15, 0.2) is 54.7 Å². The van der Waals surface area contributed by atoms with E-state index in [-0.39, 0.29) is 5.41 Å². The number of nitrogens with one attached hydrogen (secondary N) is 1. The number of nitrogens with zero attached hydrogens (tertiary/aromatic N) is 1. The number of aromatic nitrogens is 1. The van der Waals surface area contributed by atoms with Gasteiger partial charge < -0.3 is 11.1 Å². The number of nitrogen functional groups attached to an aromatic ring is 1. The highest BCUT2D eigenvalue weighted by Gasteiger charge is 2.13. The highest BCUT2D eigenvalue weighted by Crippen LogP contribution is 2.28. The zero-order valence-electron chi connectivity index (χ0n) is 13.2. The van der Waals surface area contributed by atoms with Crippen molar-refractivity contribution in [2.45, 2.75) is 26.2 Å². The summed E-state index contributed by atoms with van der Waals surface area (Å²) < 4.78 is 0. The van der Waals surface area contributed by atoms with E-state index >= 15 is 0 Å². The Bertz CT molecular complexity index is 799. The third-order valence-electron chi connectivity index (χ3n) is 3.80. The molecule has 0 aliphatic carbocycles. The minimum atomic E-state index is 0.160. The molecule has 22 heavy (non-hydrogen) atoms. The SMILES string of the molecule is CC(C)(C)c1ccc(Nc2nccc3cc(N)ccc23)cc1. The third kappa shape index (κ3) is 2.89. The van der Waals surface area contributed by atoms with Crippen LogP contribution in [0.4, 0.5) is 17.2 Å². The largest absolute Gasteiger partial charge is 0.399 e. The van der Waals surface area contributed by atoms with Crippen molar-refractivity contribution in [2.75, 3.05) is 11.1 Å². The van der Waals surface area contributed by atoms with E-state index in [1.165, 1.54) is 5.56 Å². The fourth-order valence-electron chi connectivity index (χ4n) is 2.49. The first-order valence-electron chi connectivity index (χ1n) is 7.45. The maximum absolute atomic E-state index is 5.84. The van der Waals surface area contributed by atoms with Crippen LogP contribution >= 0.6 is 0 Å². The fourth-order valence-corrected chi connectivity index (χ4v) is 2.49. The van der Waals surface area contributed by atoms with Crippen LogP contribution in [0.3, 0.4) is 0 Å². The molecule has 3 heteroatoms. The van der Waals surface area contributed by atoms with E-state index in [0.717, 1.165) is 28.0 Å². The number of rotatable bonds is 2. The molecule has 0 aliphatic heterocycles. The molecule has 0 aliphatic rings. The molecule has 3 aromatic rings. The molecule has 0 spiro atoms. The summed E-state index contributed by atoms with van der Waals surface area (Å²) in [7, 11) is 0. The van der Waals surface area contributed by atoms with Gasteiger partial charge in [-0.05, 0) is 52.8 Å². The van der Waals surface area contributed by atoms with Crippen LogP contribution < -0.4 is 11.1 Å². The monoisotopic (exact) mass is 291 g/mol. The lowest BCUT2D eigenvalue weighted by Crippen LogP contribution is -2.10. The summed E-state index contributed by atoms with van der Waals surface area (Å²) in [6.45, 7) is 6.64. The van der Waals surface area contributed by atoms with Crippen LogP contribution in [-0.2, 0) is 5.41 Å². The number of nitrogens with two attached hydrogens (primary N) is 1. The summed E-state index contributed by atoms with van der Waals surface area (Å²) in [5, 5.41) is 5.55. The molecule has 112 valence electrons. The Morgan fingerprint density at radius 1 is 0.955 bits per heavy atom. The molecule has 3 nitrogen and oxygen atoms in total. The van der Waals surface area contributed by atoms with Gasteiger partial charge in [0.15, 0.2) is 0 Å². The third-order valence-corrected chi connectivity index (χ3v) is 3.80. The second kappa shape index (κ2) is 5.34. The van der Waals surface area contributed by atoms with E-state index < -0.39 is 0 Å². The molecule has 0 saturated carbocycles. The summed E-state index contributed by atoms with van der Waals surface area (Å²) >= 11 is 0. The zero-order chi connectivity index (χ0) is 15.7. The lowest BCUT2D eigenvalue weighted by Gasteiger charge is -2.19. The second-order valence-electron chi connectivity index (χ2n) is 6.59. The Balaban J connectivity index is 1.93. The molecule has 3 N–H and O–H groups in total. The first-order chi connectivity index (χ1) is 10.4. The fraction of sp³-hybridized carbons (Fsp3) is 0.211. The van der Waals surface area contributed by atoms with Crippen molar-refractivity contribution >= 4 is 28.0 Å². The van der Waals surface area contributed by atoms with Gasteiger partial charge in [-0.15, -0.1) is 0 Å². The van der Waals surface area contributed by atoms with Gasteiger partial charge in [0.05, 0.1) is 0 Å².